The van der Waals surface area contributed by atoms with Gasteiger partial charge < -0.3 is 0 Å². The van der Waals surface area contributed by atoms with Crippen LogP contribution >= 0.6 is 12.4 Å². The van der Waals surface area contributed by atoms with E-state index in [4.69, 9.17) is 0 Å². The van der Waals surface area contributed by atoms with E-state index in [-0.39, 0.29) is 32.8 Å². The molecule has 0 fully saturated rings. The minimum Gasteiger partial charge on any atom is -0.171 e. The van der Waals surface area contributed by atoms with Gasteiger partial charge in [0, 0.05) is 0 Å². The molecule has 0 aliphatic carbocycles. The molecule has 0 unspecified atom stereocenters. The molecule has 0 saturated heterocycles. The summed E-state index contributed by atoms with van der Waals surface area (Å²) >= 11 is 0.00356. The molecule has 1 aromatic rings. The zero-order valence-electron chi connectivity index (χ0n) is 9.19. The Kier molecular flexibility index (Phi) is 5.34. The summed E-state index contributed by atoms with van der Waals surface area (Å²) < 4.78 is 1.63. The summed E-state index contributed by atoms with van der Waals surface area (Å²) in [5.74, 6) is 0. The van der Waals surface area contributed by atoms with Crippen LogP contribution < -0.4 is 3.69 Å². The van der Waals surface area contributed by atoms with E-state index in [9.17, 15) is 0 Å². The average Bonchev–Trinajstić information content (AvgIpc) is 2.08. The molecule has 2 heteroatoms. The van der Waals surface area contributed by atoms with Gasteiger partial charge in [-0.1, -0.05) is 17.2 Å². The molecule has 0 aliphatic rings. The fourth-order valence-electron chi connectivity index (χ4n) is 1.66. The third kappa shape index (κ3) is 2.61. The highest BCUT2D eigenvalue weighted by atomic mass is 35.5. The lowest BCUT2D eigenvalue weighted by Crippen LogP contribution is -2.17. The van der Waals surface area contributed by atoms with Crippen molar-refractivity contribution in [1.82, 2.24) is 0 Å². The van der Waals surface area contributed by atoms with E-state index in [1.165, 1.54) is 22.3 Å². The van der Waals surface area contributed by atoms with Gasteiger partial charge in [0.1, 0.15) is 0 Å². The first-order chi connectivity index (χ1) is 5.57. The Morgan fingerprint density at radius 1 is 0.923 bits per heavy atom. The SMILES string of the molecule is Cl.[CH3][Mg][c]1cc(C)c(C)c(C)c1C. The first-order valence-electron chi connectivity index (χ1n) is 4.64. The maximum Gasteiger partial charge on any atom is 0.405 e. The van der Waals surface area contributed by atoms with Crippen molar-refractivity contribution in [3.05, 3.63) is 28.3 Å². The lowest BCUT2D eigenvalue weighted by Gasteiger charge is -2.13. The molecule has 0 atom stereocenters. The summed E-state index contributed by atoms with van der Waals surface area (Å²) in [6, 6.07) is 2.38. The molecule has 1 aromatic carbocycles. The Labute approximate surface area is 97.2 Å². The van der Waals surface area contributed by atoms with Crippen LogP contribution in [-0.4, -0.2) is 20.4 Å². The second-order valence-electron chi connectivity index (χ2n) is 3.58. The van der Waals surface area contributed by atoms with Gasteiger partial charge in [-0.25, -0.2) is 0 Å². The molecule has 0 radical (unpaired) electrons. The molecule has 0 N–H and O–H groups in total. The Balaban J connectivity index is 0.00000144. The van der Waals surface area contributed by atoms with Gasteiger partial charge in [0.15, 0.2) is 0 Å². The summed E-state index contributed by atoms with van der Waals surface area (Å²) in [6.07, 6.45) is 0. The van der Waals surface area contributed by atoms with Gasteiger partial charge in [0.2, 0.25) is 0 Å². The molecule has 0 amide bonds. The quantitative estimate of drug-likeness (QED) is 0.623. The van der Waals surface area contributed by atoms with E-state index in [1.54, 1.807) is 3.69 Å². The van der Waals surface area contributed by atoms with E-state index in [2.05, 4.69) is 38.8 Å². The largest absolute Gasteiger partial charge is 0.405 e. The van der Waals surface area contributed by atoms with Crippen molar-refractivity contribution in [2.45, 2.75) is 32.7 Å². The van der Waals surface area contributed by atoms with Gasteiger partial charge in [-0.15, -0.1) is 17.5 Å². The number of hydrogen-bond acceptors (Lipinski definition) is 0. The number of halogens is 1. The van der Waals surface area contributed by atoms with Gasteiger partial charge in [-0.05, 0) is 38.8 Å². The van der Waals surface area contributed by atoms with Crippen LogP contribution in [0, 0.1) is 27.7 Å². The van der Waals surface area contributed by atoms with E-state index in [0.29, 0.717) is 0 Å². The molecule has 1 rings (SSSR count). The minimum absolute atomic E-state index is 0. The topological polar surface area (TPSA) is 0 Å². The summed E-state index contributed by atoms with van der Waals surface area (Å²) in [5, 5.41) is 2.36. The summed E-state index contributed by atoms with van der Waals surface area (Å²) in [6.45, 7) is 8.94. The van der Waals surface area contributed by atoms with E-state index in [1.807, 2.05) is 0 Å². The van der Waals surface area contributed by atoms with Gasteiger partial charge in [-0.3, -0.25) is 0 Å². The Hall–Kier alpha value is 0.276. The molecule has 0 nitrogen and oxygen atoms in total. The van der Waals surface area contributed by atoms with Gasteiger partial charge >= 0.3 is 20.4 Å². The normalized spacial score (nSPS) is 9.00. The third-order valence-electron chi connectivity index (χ3n) is 2.97. The molecule has 0 bridgehead atoms. The van der Waals surface area contributed by atoms with Crippen LogP contribution in [0.25, 0.3) is 0 Å². The lowest BCUT2D eigenvalue weighted by molar-refractivity contribution is 1.23. The summed E-state index contributed by atoms with van der Waals surface area (Å²) in [5.41, 5.74) is 5.97. The molecular weight excluding hydrogens is 192 g/mol. The second kappa shape index (κ2) is 5.23. The molecule has 70 valence electrons. The highest BCUT2D eigenvalue weighted by molar-refractivity contribution is 6.52. The zero-order valence-corrected chi connectivity index (χ0v) is 11.4. The molecule has 0 aliphatic heterocycles. The number of rotatable bonds is 1. The second-order valence-corrected chi connectivity index (χ2v) is 5.05. The monoisotopic (exact) mass is 208 g/mol. The van der Waals surface area contributed by atoms with Gasteiger partial charge in [0.05, 0.1) is 0 Å². The van der Waals surface area contributed by atoms with E-state index >= 15 is 0 Å². The number of hydrogen-bond donors (Lipinski definition) is 0. The maximum absolute atomic E-state index is 2.38. The minimum atomic E-state index is 0. The van der Waals surface area contributed by atoms with Crippen molar-refractivity contribution >= 4 is 36.5 Å². The highest BCUT2D eigenvalue weighted by Gasteiger charge is 2.05. The summed E-state index contributed by atoms with van der Waals surface area (Å²) in [7, 11) is 0. The lowest BCUT2D eigenvalue weighted by atomic mass is 10.00. The van der Waals surface area contributed by atoms with Crippen molar-refractivity contribution in [2.75, 3.05) is 0 Å². The third-order valence-corrected chi connectivity index (χ3v) is 4.47. The van der Waals surface area contributed by atoms with Crippen LogP contribution in [-0.2, 0) is 0 Å². The Morgan fingerprint density at radius 2 is 1.46 bits per heavy atom. The molecule has 0 aromatic heterocycles. The number of benzene rings is 1. The van der Waals surface area contributed by atoms with Gasteiger partial charge in [0.25, 0.3) is 0 Å². The van der Waals surface area contributed by atoms with Crippen LogP contribution in [0.5, 0.6) is 0 Å². The highest BCUT2D eigenvalue weighted by Crippen LogP contribution is 2.14. The molecule has 0 heterocycles. The van der Waals surface area contributed by atoms with E-state index < -0.39 is 0 Å². The molecule has 13 heavy (non-hydrogen) atoms. The van der Waals surface area contributed by atoms with Crippen LogP contribution in [0.2, 0.25) is 5.05 Å². The first-order valence-corrected chi connectivity index (χ1v) is 6.76. The van der Waals surface area contributed by atoms with Crippen LogP contribution in [0.15, 0.2) is 6.07 Å². The summed E-state index contributed by atoms with van der Waals surface area (Å²) in [4.78, 5) is 0. The predicted octanol–water partition coefficient (Wildman–Crippen LogP) is 2.72. The van der Waals surface area contributed by atoms with E-state index in [0.717, 1.165) is 0 Å². The fraction of sp³-hybridized carbons (Fsp3) is 0.455. The van der Waals surface area contributed by atoms with Gasteiger partial charge in [-0.2, -0.15) is 3.69 Å². The molecule has 0 saturated carbocycles. The van der Waals surface area contributed by atoms with Crippen LogP contribution in [0.4, 0.5) is 0 Å². The Morgan fingerprint density at radius 3 is 1.92 bits per heavy atom. The number of aryl methyl sites for hydroxylation is 1. The van der Waals surface area contributed by atoms with Crippen molar-refractivity contribution in [3.8, 4) is 0 Å². The zero-order chi connectivity index (χ0) is 9.30. The molecular formula is C11H17ClMg. The fourth-order valence-corrected chi connectivity index (χ4v) is 2.97. The smallest absolute Gasteiger partial charge is 0.171 e. The first kappa shape index (κ1) is 13.3. The Bertz CT molecular complexity index is 305. The average molecular weight is 209 g/mol. The van der Waals surface area contributed by atoms with Crippen molar-refractivity contribution < 1.29 is 0 Å². The standard InChI is InChI=1S/C10H13.CH3.ClH.Mg/c1-7-5-6-8(2)10(4)9(7)3;;;/h5H,1-4H3;1H3;1H;. The van der Waals surface area contributed by atoms with Crippen molar-refractivity contribution in [3.63, 3.8) is 0 Å². The predicted molar refractivity (Wildman–Crippen MR) is 63.9 cm³/mol. The van der Waals surface area contributed by atoms with Crippen LogP contribution in [0.1, 0.15) is 22.3 Å². The van der Waals surface area contributed by atoms with Crippen LogP contribution in [0.3, 0.4) is 0 Å². The van der Waals surface area contributed by atoms with Crippen molar-refractivity contribution in [1.29, 1.82) is 0 Å². The maximum atomic E-state index is 2.38. The van der Waals surface area contributed by atoms with Crippen molar-refractivity contribution in [2.24, 2.45) is 0 Å². The molecule has 0 spiro atoms.